The van der Waals surface area contributed by atoms with Crippen LogP contribution in [-0.2, 0) is 9.53 Å². The monoisotopic (exact) mass is 303 g/mol. The van der Waals surface area contributed by atoms with Gasteiger partial charge in [-0.05, 0) is 54.4 Å². The normalized spacial score (nSPS) is 10.5. The van der Waals surface area contributed by atoms with Crippen molar-refractivity contribution in [3.63, 3.8) is 0 Å². The van der Waals surface area contributed by atoms with E-state index in [1.54, 1.807) is 19.9 Å². The number of aryl methyl sites for hydroxylation is 1. The summed E-state index contributed by atoms with van der Waals surface area (Å²) in [6.07, 6.45) is -0.146. The Labute approximate surface area is 108 Å². The smallest absolute Gasteiger partial charge is 0.325 e. The third-order valence-electron chi connectivity index (χ3n) is 2.06. The van der Waals surface area contributed by atoms with Crippen molar-refractivity contribution in [2.45, 2.75) is 26.9 Å². The first-order chi connectivity index (χ1) is 7.90. The highest BCUT2D eigenvalue weighted by molar-refractivity contribution is 9.10. The zero-order valence-corrected chi connectivity index (χ0v) is 11.6. The van der Waals surface area contributed by atoms with Crippen LogP contribution in [0.5, 0.6) is 0 Å². The van der Waals surface area contributed by atoms with Crippen LogP contribution < -0.4 is 5.32 Å². The molecule has 94 valence electrons. The van der Waals surface area contributed by atoms with Gasteiger partial charge in [0.2, 0.25) is 0 Å². The summed E-state index contributed by atoms with van der Waals surface area (Å²) in [7, 11) is 0. The number of nitrogens with one attached hydrogen (secondary N) is 1. The van der Waals surface area contributed by atoms with Crippen molar-refractivity contribution >= 4 is 27.6 Å². The lowest BCUT2D eigenvalue weighted by atomic mass is 10.2. The molecule has 0 aliphatic carbocycles. The molecular formula is C12H15BrFNO2. The average Bonchev–Trinajstić information content (AvgIpc) is 2.20. The molecule has 1 rings (SSSR count). The van der Waals surface area contributed by atoms with Gasteiger partial charge >= 0.3 is 5.97 Å². The van der Waals surface area contributed by atoms with Crippen molar-refractivity contribution in [2.24, 2.45) is 0 Å². The van der Waals surface area contributed by atoms with E-state index in [2.05, 4.69) is 21.2 Å². The number of benzene rings is 1. The number of anilines is 1. The van der Waals surface area contributed by atoms with Gasteiger partial charge in [0.1, 0.15) is 12.4 Å². The molecule has 0 aliphatic heterocycles. The number of carbonyl (C=O) groups is 1. The molecule has 5 heteroatoms. The number of rotatable bonds is 4. The fourth-order valence-corrected chi connectivity index (χ4v) is 1.77. The number of esters is 1. The van der Waals surface area contributed by atoms with Crippen molar-refractivity contribution in [3.8, 4) is 0 Å². The van der Waals surface area contributed by atoms with Gasteiger partial charge < -0.3 is 10.1 Å². The van der Waals surface area contributed by atoms with Crippen molar-refractivity contribution in [1.82, 2.24) is 0 Å². The summed E-state index contributed by atoms with van der Waals surface area (Å²) in [6, 6.07) is 3.01. The van der Waals surface area contributed by atoms with Crippen LogP contribution in [0.25, 0.3) is 0 Å². The molecule has 0 radical (unpaired) electrons. The Bertz CT molecular complexity index is 421. The van der Waals surface area contributed by atoms with Crippen molar-refractivity contribution in [3.05, 3.63) is 28.0 Å². The van der Waals surface area contributed by atoms with E-state index in [9.17, 15) is 9.18 Å². The maximum absolute atomic E-state index is 13.3. The summed E-state index contributed by atoms with van der Waals surface area (Å²) in [5, 5.41) is 2.85. The molecule has 0 aromatic heterocycles. The molecule has 3 nitrogen and oxygen atoms in total. The van der Waals surface area contributed by atoms with Crippen molar-refractivity contribution < 1.29 is 13.9 Å². The predicted octanol–water partition coefficient (Wildman–Crippen LogP) is 3.26. The van der Waals surface area contributed by atoms with Gasteiger partial charge in [0.15, 0.2) is 0 Å². The van der Waals surface area contributed by atoms with Crippen LogP contribution in [0.4, 0.5) is 10.1 Å². The van der Waals surface area contributed by atoms with Gasteiger partial charge in [0.25, 0.3) is 0 Å². The Balaban J connectivity index is 2.63. The molecule has 1 aromatic rings. The van der Waals surface area contributed by atoms with Crippen LogP contribution in [0.1, 0.15) is 19.4 Å². The summed E-state index contributed by atoms with van der Waals surface area (Å²) in [6.45, 7) is 5.42. The van der Waals surface area contributed by atoms with Crippen LogP contribution in [0.3, 0.4) is 0 Å². The minimum absolute atomic E-state index is 0.0279. The minimum Gasteiger partial charge on any atom is -0.462 e. The van der Waals surface area contributed by atoms with E-state index in [1.165, 1.54) is 6.07 Å². The molecule has 0 saturated carbocycles. The molecule has 0 atom stereocenters. The van der Waals surface area contributed by atoms with Crippen molar-refractivity contribution in [2.75, 3.05) is 11.9 Å². The largest absolute Gasteiger partial charge is 0.462 e. The van der Waals surface area contributed by atoms with Gasteiger partial charge in [-0.2, -0.15) is 0 Å². The van der Waals surface area contributed by atoms with Crippen LogP contribution in [0.2, 0.25) is 0 Å². The van der Waals surface area contributed by atoms with Crippen LogP contribution in [0.15, 0.2) is 16.6 Å². The fourth-order valence-electron chi connectivity index (χ4n) is 1.31. The number of hydrogen-bond donors (Lipinski definition) is 1. The first-order valence-electron chi connectivity index (χ1n) is 5.29. The standard InChI is InChI=1S/C12H15BrFNO2/c1-7(2)17-12(16)6-15-11-5-10(14)9(13)4-8(11)3/h4-5,7,15H,6H2,1-3H3. The molecule has 1 N–H and O–H groups in total. The SMILES string of the molecule is Cc1cc(Br)c(F)cc1NCC(=O)OC(C)C. The summed E-state index contributed by atoms with van der Waals surface area (Å²) < 4.78 is 18.7. The zero-order valence-electron chi connectivity index (χ0n) is 10.0. The Morgan fingerprint density at radius 2 is 2.18 bits per heavy atom. The van der Waals surface area contributed by atoms with E-state index >= 15 is 0 Å². The Morgan fingerprint density at radius 1 is 1.53 bits per heavy atom. The van der Waals surface area contributed by atoms with Gasteiger partial charge in [-0.1, -0.05) is 0 Å². The highest BCUT2D eigenvalue weighted by atomic mass is 79.9. The Kier molecular flexibility index (Phi) is 4.93. The topological polar surface area (TPSA) is 38.3 Å². The molecule has 1 aromatic carbocycles. The third-order valence-corrected chi connectivity index (χ3v) is 2.67. The summed E-state index contributed by atoms with van der Waals surface area (Å²) in [5.74, 6) is -0.724. The van der Waals surface area contributed by atoms with E-state index in [1.807, 2.05) is 6.92 Å². The van der Waals surface area contributed by atoms with Gasteiger partial charge in [0, 0.05) is 5.69 Å². The molecule has 0 spiro atoms. The fraction of sp³-hybridized carbons (Fsp3) is 0.417. The molecule has 0 unspecified atom stereocenters. The second-order valence-corrected chi connectivity index (χ2v) is 4.83. The lowest BCUT2D eigenvalue weighted by molar-refractivity contribution is -0.145. The van der Waals surface area contributed by atoms with Crippen LogP contribution >= 0.6 is 15.9 Å². The lowest BCUT2D eigenvalue weighted by Gasteiger charge is -2.12. The van der Waals surface area contributed by atoms with Gasteiger partial charge in [-0.15, -0.1) is 0 Å². The molecule has 17 heavy (non-hydrogen) atoms. The Hall–Kier alpha value is -1.10. The number of ether oxygens (including phenoxy) is 1. The third kappa shape index (κ3) is 4.34. The molecule has 0 bridgehead atoms. The van der Waals surface area contributed by atoms with Gasteiger partial charge in [-0.25, -0.2) is 4.39 Å². The zero-order chi connectivity index (χ0) is 13.0. The molecule has 0 fully saturated rings. The minimum atomic E-state index is -0.365. The molecule has 0 amide bonds. The summed E-state index contributed by atoms with van der Waals surface area (Å²) in [5.41, 5.74) is 1.45. The number of hydrogen-bond acceptors (Lipinski definition) is 3. The van der Waals surface area contributed by atoms with Crippen LogP contribution in [0, 0.1) is 12.7 Å². The second-order valence-electron chi connectivity index (χ2n) is 3.97. The number of halogens is 2. The first kappa shape index (κ1) is 14.0. The maximum atomic E-state index is 13.3. The lowest BCUT2D eigenvalue weighted by Crippen LogP contribution is -2.20. The highest BCUT2D eigenvalue weighted by Crippen LogP contribution is 2.23. The van der Waals surface area contributed by atoms with E-state index in [0.717, 1.165) is 5.56 Å². The molecule has 0 saturated heterocycles. The van der Waals surface area contributed by atoms with Crippen molar-refractivity contribution in [1.29, 1.82) is 0 Å². The van der Waals surface area contributed by atoms with Gasteiger partial charge in [-0.3, -0.25) is 4.79 Å². The van der Waals surface area contributed by atoms with E-state index < -0.39 is 0 Å². The quantitative estimate of drug-likeness (QED) is 0.868. The van der Waals surface area contributed by atoms with Crippen LogP contribution in [-0.4, -0.2) is 18.6 Å². The summed E-state index contributed by atoms with van der Waals surface area (Å²) >= 11 is 3.10. The molecule has 0 heterocycles. The second kappa shape index (κ2) is 6.00. The first-order valence-corrected chi connectivity index (χ1v) is 6.08. The highest BCUT2D eigenvalue weighted by Gasteiger charge is 2.08. The average molecular weight is 304 g/mol. The molecule has 0 aliphatic rings. The predicted molar refractivity (Wildman–Crippen MR) is 68.6 cm³/mol. The van der Waals surface area contributed by atoms with E-state index in [4.69, 9.17) is 4.74 Å². The maximum Gasteiger partial charge on any atom is 0.325 e. The molecular weight excluding hydrogens is 289 g/mol. The Morgan fingerprint density at radius 3 is 2.76 bits per heavy atom. The van der Waals surface area contributed by atoms with Gasteiger partial charge in [0.05, 0.1) is 10.6 Å². The van der Waals surface area contributed by atoms with E-state index in [0.29, 0.717) is 10.2 Å². The summed E-state index contributed by atoms with van der Waals surface area (Å²) in [4.78, 5) is 11.3. The van der Waals surface area contributed by atoms with E-state index in [-0.39, 0.29) is 24.4 Å². The number of carbonyl (C=O) groups excluding carboxylic acids is 1.